The number of carboxylic acid groups (broad SMARTS) is 2. The summed E-state index contributed by atoms with van der Waals surface area (Å²) in [7, 11) is -19.6. The number of carbonyl (C=O) groups is 2. The van der Waals surface area contributed by atoms with Crippen LogP contribution in [-0.2, 0) is 122 Å². The number of fused-ring (bicyclic) bond motifs is 4. The van der Waals surface area contributed by atoms with Gasteiger partial charge in [-0.1, -0.05) is 129 Å². The molecule has 0 saturated heterocycles. The van der Waals surface area contributed by atoms with Crippen LogP contribution in [0.3, 0.4) is 0 Å². The van der Waals surface area contributed by atoms with Gasteiger partial charge in [0.2, 0.25) is 11.4 Å². The molecule has 0 bridgehead atoms. The molecule has 0 aromatic heterocycles. The molecule has 6 aromatic rings. The number of benzene rings is 6. The van der Waals surface area contributed by atoms with E-state index in [0.717, 1.165) is 138 Å². The van der Waals surface area contributed by atoms with Gasteiger partial charge in [-0.3, -0.25) is 29.7 Å². The van der Waals surface area contributed by atoms with Gasteiger partial charge in [0.05, 0.1) is 64.9 Å². The summed E-state index contributed by atoms with van der Waals surface area (Å²) >= 11 is 6.98. The molecule has 728 valence electrons. The predicted octanol–water partition coefficient (Wildman–Crippen LogP) is -6.49. The molecule has 140 heavy (non-hydrogen) atoms. The molecule has 4 heterocycles. The maximum atomic E-state index is 12.1. The van der Waals surface area contributed by atoms with E-state index in [-0.39, 0.29) is 213 Å². The third-order valence-corrected chi connectivity index (χ3v) is 28.7. The summed E-state index contributed by atoms with van der Waals surface area (Å²) < 4.78 is 162. The summed E-state index contributed by atoms with van der Waals surface area (Å²) in [5, 5.41) is 90.8. The van der Waals surface area contributed by atoms with Crippen molar-refractivity contribution in [3.05, 3.63) is 249 Å². The number of hydrogen-bond acceptors (Lipinski definition) is 34. The molecular weight excluding hydrogens is 2100 g/mol. The quantitative estimate of drug-likeness (QED) is 0.00403. The number of carboxylic acids is 2. The Kier molecular flexibility index (Phi) is 61.4. The van der Waals surface area contributed by atoms with Crippen molar-refractivity contribution in [1.29, 1.82) is 0 Å². The van der Waals surface area contributed by atoms with E-state index in [1.807, 2.05) is 183 Å². The van der Waals surface area contributed by atoms with E-state index in [9.17, 15) is 87.6 Å². The maximum Gasteiger partial charge on any atom is 1.00 e. The average molecular weight is 2210 g/mol. The number of rotatable bonds is 50. The molecule has 0 aliphatic carbocycles. The van der Waals surface area contributed by atoms with Crippen LogP contribution < -0.4 is 214 Å². The molecule has 4 aliphatic rings. The zero-order valence-corrected chi connectivity index (χ0v) is 101. The van der Waals surface area contributed by atoms with Crippen LogP contribution in [0.15, 0.2) is 230 Å². The molecule has 10 rings (SSSR count). The second-order valence-electron chi connectivity index (χ2n) is 33.2. The van der Waals surface area contributed by atoms with Gasteiger partial charge in [-0.05, 0) is 216 Å². The van der Waals surface area contributed by atoms with Crippen LogP contribution in [0, 0.1) is 0 Å². The van der Waals surface area contributed by atoms with Gasteiger partial charge in [-0.2, -0.15) is 26.5 Å². The van der Waals surface area contributed by atoms with Crippen LogP contribution in [0.5, 0.6) is 0 Å². The van der Waals surface area contributed by atoms with Crippen LogP contribution in [-0.4, -0.2) is 161 Å². The molecule has 0 amide bonds. The molecule has 34 nitrogen and oxygen atoms in total. The van der Waals surface area contributed by atoms with Gasteiger partial charge >= 0.3 is 196 Å². The van der Waals surface area contributed by atoms with E-state index >= 15 is 0 Å². The number of anilines is 2. The fourth-order valence-corrected chi connectivity index (χ4v) is 20.2. The van der Waals surface area contributed by atoms with Gasteiger partial charge in [0.1, 0.15) is 33.3 Å². The summed E-state index contributed by atoms with van der Waals surface area (Å²) in [5.41, 5.74) is 11.6. The zero-order valence-electron chi connectivity index (χ0n) is 80.4. The van der Waals surface area contributed by atoms with E-state index in [2.05, 4.69) is 72.4 Å². The first-order valence-electron chi connectivity index (χ1n) is 42.1. The van der Waals surface area contributed by atoms with Crippen molar-refractivity contribution in [1.82, 2.24) is 0 Å². The first-order chi connectivity index (χ1) is 63.3. The van der Waals surface area contributed by atoms with Crippen LogP contribution in [0.2, 0.25) is 0 Å². The van der Waals surface area contributed by atoms with E-state index < -0.39 is 92.7 Å². The van der Waals surface area contributed by atoms with Gasteiger partial charge in [0, 0.05) is 169 Å². The molecule has 6 aromatic carbocycles. The summed E-state index contributed by atoms with van der Waals surface area (Å²) in [6.07, 6.45) is 29.4. The van der Waals surface area contributed by atoms with Crippen LogP contribution in [0.25, 0.3) is 5.57 Å². The maximum absolute atomic E-state index is 12.1. The normalized spacial score (nSPS) is 15.7. The van der Waals surface area contributed by atoms with Gasteiger partial charge in [-0.15, -0.1) is 0 Å². The van der Waals surface area contributed by atoms with Gasteiger partial charge in [0.15, 0.2) is 11.4 Å². The Morgan fingerprint density at radius 1 is 0.457 bits per heavy atom. The minimum absolute atomic E-state index is 0. The molecule has 0 spiro atoms. The molecular formula is C90H104BBrN4Na6O30S8. The third-order valence-electron chi connectivity index (χ3n) is 22.6. The smallest absolute Gasteiger partial charge is 0.748 e. The fraction of sp³-hybridized carbons (Fsp3) is 0.378. The van der Waals surface area contributed by atoms with E-state index in [1.165, 1.54) is 24.3 Å². The molecule has 50 heteroatoms. The molecule has 0 unspecified atom stereocenters. The second-order valence-corrected chi connectivity index (χ2v) is 43.1. The van der Waals surface area contributed by atoms with Gasteiger partial charge < -0.3 is 69.3 Å². The number of unbranched alkanes of at least 4 members (excludes halogenated alkanes) is 4. The average Bonchev–Trinajstić information content (AvgIpc) is 1.59. The number of aryl methyl sites for hydroxylation is 2. The molecule has 0 fully saturated rings. The minimum Gasteiger partial charge on any atom is -0.748 e. The van der Waals surface area contributed by atoms with Crippen molar-refractivity contribution in [2.75, 3.05) is 59.0 Å². The van der Waals surface area contributed by atoms with Crippen molar-refractivity contribution in [2.45, 2.75) is 187 Å². The second kappa shape index (κ2) is 64.1. The van der Waals surface area contributed by atoms with Crippen LogP contribution in [0.1, 0.15) is 171 Å². The fourth-order valence-electron chi connectivity index (χ4n) is 16.1. The molecule has 0 atom stereocenters. The van der Waals surface area contributed by atoms with Crippen molar-refractivity contribution in [3.63, 3.8) is 0 Å². The number of halogens is 1. The standard InChI is InChI=1S/C45H54N2O14S4.C35H43BrN2O12S4.C10H13BO4.6Na/c1-44(2)37-30-35(63-61-59-51)21-23-39(37)47(26-6-8-28-64(52,53)54)41(44)18-11-15-33(34-17-9-13-32(29-34)14-10-20-43(48)49)16-12-19-42-45(3,4)38-31-36(65(55,56)57)22-24-40(38)46(42)25-5-7-27-62-60-58-50;1-34(2)28-23-26(52-50-48-40)15-17-30(28)38(20-6-8-22-53(41,42)43)32(34)13-9-11-25(36)12-10-14-33-35(3,4)29-24-27(54(44,45)46)16-18-31(29)37(33)19-5-7-21-51-49-47-39;12-10(13)6-2-4-8-3-1-5-9(7-8)11(14)15;;;;;;/h9,11-13,15-19,21-24,29-31H,5-8,10,14,20,25-28H2,1-4H3,(H4-,48,49,50,51,52,53,54,55,56,57);9-18,23-24H,5-8,19-22H2,1-4H3,(H3-,39,40,41,42,43,44,45,46);1,3,5,7,14-15H,2,4,6H2,(H,12,13);;;;;;/q;;;6*+1/p-6. The number of nitrogens with zero attached hydrogens (tertiary/aromatic N) is 4. The summed E-state index contributed by atoms with van der Waals surface area (Å²) in [5.74, 6) is -1.58. The minimum atomic E-state index is -4.73. The monoisotopic (exact) mass is 2200 g/mol. The first-order valence-corrected chi connectivity index (χ1v) is 52.2. The molecule has 4 N–H and O–H groups in total. The van der Waals surface area contributed by atoms with Crippen molar-refractivity contribution >= 4 is 169 Å². The Morgan fingerprint density at radius 2 is 0.864 bits per heavy atom. The summed E-state index contributed by atoms with van der Waals surface area (Å²) in [6.45, 7) is 18.0. The number of aliphatic carboxylic acids is 2. The zero-order chi connectivity index (χ0) is 98.4. The molecule has 0 saturated carbocycles. The number of allylic oxidation sites excluding steroid dienone is 16. The topological polar surface area (TPSA) is 522 Å². The van der Waals surface area contributed by atoms with Crippen LogP contribution >= 0.6 is 64.1 Å². The molecule has 0 radical (unpaired) electrons. The number of hydrogen-bond donors (Lipinski definition) is 4. The molecule has 4 aliphatic heterocycles. The largest absolute Gasteiger partial charge is 1.00 e. The summed E-state index contributed by atoms with van der Waals surface area (Å²) in [6, 6.07) is 34.6. The van der Waals surface area contributed by atoms with Gasteiger partial charge in [-0.25, -0.2) is 33.7 Å². The van der Waals surface area contributed by atoms with Crippen LogP contribution in [0.4, 0.5) is 22.7 Å². The van der Waals surface area contributed by atoms with Crippen molar-refractivity contribution in [2.24, 2.45) is 0 Å². The Bertz CT molecular complexity index is 5950. The SMILES string of the molecule is CC1(C)C(/C=C/C=C(/C=C/C=C2/N(CCCCSOO[O-])c3ccc(S(=O)(=O)[O-])cc3C2(C)C)c2cccc(CCCC(=O)O)c2)=[N+](CCCCS(=O)(=O)[O-])c2ccc(SOO[O-])cc21.CC1(C)C(/C=C/C=C(Br)/C=C/C=C2/N(CCCCSOO[O-])c3ccc(S(=O)(=O)[O-])cc3C2(C)C)=[N+](CCCCS(=O)(=O)[O-])c2ccc(SOO[O-])cc21.O=C(O)CCCc1cccc(B(O)O)c1.[Na+].[Na+].[Na+].[Na+].[Na+].[Na+]. The van der Waals surface area contributed by atoms with Gasteiger partial charge in [0.25, 0.3) is 0 Å². The first kappa shape index (κ1) is 134. The third kappa shape index (κ3) is 41.0. The predicted molar refractivity (Wildman–Crippen MR) is 501 cm³/mol. The Morgan fingerprint density at radius 3 is 1.26 bits per heavy atom. The Labute approximate surface area is 977 Å². The van der Waals surface area contributed by atoms with E-state index in [4.69, 9.17) is 15.2 Å². The van der Waals surface area contributed by atoms with E-state index in [0.29, 0.717) is 122 Å². The Balaban J connectivity index is 0.000000800. The van der Waals surface area contributed by atoms with Crippen molar-refractivity contribution in [3.8, 4) is 0 Å². The summed E-state index contributed by atoms with van der Waals surface area (Å²) in [4.78, 5) is 26.4. The van der Waals surface area contributed by atoms with Crippen molar-refractivity contribution < 1.29 is 327 Å². The Hall–Kier alpha value is -1.86. The van der Waals surface area contributed by atoms with E-state index in [1.54, 1.807) is 42.5 Å².